The van der Waals surface area contributed by atoms with Gasteiger partial charge in [0.1, 0.15) is 11.5 Å². The molecule has 0 bridgehead atoms. The number of ether oxygens (including phenoxy) is 2. The number of alkyl halides is 5. The Hall–Kier alpha value is -2.32. The predicted molar refractivity (Wildman–Crippen MR) is 70.3 cm³/mol. The quantitative estimate of drug-likeness (QED) is 0.877. The number of aromatic nitrogens is 1. The summed E-state index contributed by atoms with van der Waals surface area (Å²) in [6.07, 6.45) is -5.31. The van der Waals surface area contributed by atoms with E-state index in [2.05, 4.69) is 9.72 Å². The minimum atomic E-state index is -5.71. The van der Waals surface area contributed by atoms with Gasteiger partial charge in [-0.3, -0.25) is 4.79 Å². The van der Waals surface area contributed by atoms with E-state index >= 15 is 0 Å². The molecule has 0 fully saturated rings. The average Bonchev–Trinajstić information content (AvgIpc) is 2.94. The van der Waals surface area contributed by atoms with Crippen LogP contribution in [0.25, 0.3) is 10.9 Å². The lowest BCUT2D eigenvalue weighted by Crippen LogP contribution is -2.41. The van der Waals surface area contributed by atoms with Gasteiger partial charge < -0.3 is 14.5 Å². The van der Waals surface area contributed by atoms with Gasteiger partial charge in [-0.05, 0) is 12.1 Å². The summed E-state index contributed by atoms with van der Waals surface area (Å²) in [5, 5.41) is 0.393. The van der Waals surface area contributed by atoms with Crippen LogP contribution in [0.15, 0.2) is 23.0 Å². The largest absolute Gasteiger partial charge is 0.492 e. The summed E-state index contributed by atoms with van der Waals surface area (Å²) in [5.74, 6) is -4.97. The van der Waals surface area contributed by atoms with Gasteiger partial charge in [-0.2, -0.15) is 22.0 Å². The number of rotatable bonds is 3. The lowest BCUT2D eigenvalue weighted by molar-refractivity contribution is -0.289. The molecule has 0 atom stereocenters. The van der Waals surface area contributed by atoms with Crippen molar-refractivity contribution in [3.05, 3.63) is 34.1 Å². The Labute approximate surface area is 125 Å². The van der Waals surface area contributed by atoms with Gasteiger partial charge >= 0.3 is 12.1 Å². The molecular weight excluding hydrogens is 325 g/mol. The highest BCUT2D eigenvalue weighted by Crippen LogP contribution is 2.38. The minimum absolute atomic E-state index is 0.0242. The number of hydrogen-bond donors (Lipinski definition) is 1. The van der Waals surface area contributed by atoms with E-state index in [4.69, 9.17) is 4.74 Å². The maximum absolute atomic E-state index is 13.0. The molecule has 0 saturated carbocycles. The van der Waals surface area contributed by atoms with Crippen molar-refractivity contribution in [3.63, 3.8) is 0 Å². The molecule has 0 amide bonds. The predicted octanol–water partition coefficient (Wildman–Crippen LogP) is 3.04. The minimum Gasteiger partial charge on any atom is -0.492 e. The number of nitrogens with one attached hydrogen (secondary N) is 1. The fraction of sp³-hybridized carbons (Fsp3) is 0.357. The van der Waals surface area contributed by atoms with E-state index in [1.54, 1.807) is 6.07 Å². The fourth-order valence-electron chi connectivity index (χ4n) is 2.32. The zero-order chi connectivity index (χ0) is 16.8. The first kappa shape index (κ1) is 15.6. The van der Waals surface area contributed by atoms with Crippen LogP contribution in [0, 0.1) is 0 Å². The molecule has 1 aromatic carbocycles. The number of pyridine rings is 1. The number of hydrogen-bond acceptors (Lipinski definition) is 3. The van der Waals surface area contributed by atoms with Crippen molar-refractivity contribution >= 4 is 10.9 Å². The van der Waals surface area contributed by atoms with Crippen molar-refractivity contribution in [2.75, 3.05) is 13.2 Å². The molecule has 124 valence electrons. The molecule has 1 N–H and O–H groups in total. The van der Waals surface area contributed by atoms with Crippen LogP contribution >= 0.6 is 0 Å². The summed E-state index contributed by atoms with van der Waals surface area (Å²) in [5.41, 5.74) is -0.0463. The molecule has 0 spiro atoms. The summed E-state index contributed by atoms with van der Waals surface area (Å²) < 4.78 is 72.5. The monoisotopic (exact) mass is 335 g/mol. The highest BCUT2D eigenvalue weighted by Gasteiger charge is 2.58. The molecule has 1 aliphatic rings. The van der Waals surface area contributed by atoms with E-state index in [9.17, 15) is 26.7 Å². The molecule has 0 radical (unpaired) electrons. The topological polar surface area (TPSA) is 51.3 Å². The molecule has 4 nitrogen and oxygen atoms in total. The Morgan fingerprint density at radius 2 is 1.96 bits per heavy atom. The number of halogens is 5. The molecule has 2 heterocycles. The summed E-state index contributed by atoms with van der Waals surface area (Å²) >= 11 is 0. The van der Waals surface area contributed by atoms with Gasteiger partial charge in [0.25, 0.3) is 5.56 Å². The number of para-hydroxylation sites is 1. The second-order valence-corrected chi connectivity index (χ2v) is 5.03. The summed E-state index contributed by atoms with van der Waals surface area (Å²) in [6.45, 7) is -1.58. The van der Waals surface area contributed by atoms with Crippen molar-refractivity contribution in [1.29, 1.82) is 0 Å². The van der Waals surface area contributed by atoms with Crippen molar-refractivity contribution in [2.24, 2.45) is 0 Å². The number of fused-ring (bicyclic) bond motifs is 3. The Morgan fingerprint density at radius 3 is 2.65 bits per heavy atom. The van der Waals surface area contributed by atoms with Crippen LogP contribution in [0.4, 0.5) is 22.0 Å². The molecule has 1 aromatic heterocycles. The van der Waals surface area contributed by atoms with Crippen LogP contribution in [0.3, 0.4) is 0 Å². The molecular formula is C14H10F5NO3. The van der Waals surface area contributed by atoms with E-state index in [-0.39, 0.29) is 11.3 Å². The van der Waals surface area contributed by atoms with E-state index < -0.39 is 24.3 Å². The van der Waals surface area contributed by atoms with Crippen LogP contribution in [-0.2, 0) is 6.42 Å². The third kappa shape index (κ3) is 2.60. The maximum Gasteiger partial charge on any atom is 0.456 e. The van der Waals surface area contributed by atoms with Crippen LogP contribution < -0.4 is 15.0 Å². The lowest BCUT2D eigenvalue weighted by Gasteiger charge is -2.20. The molecule has 1 aliphatic heterocycles. The van der Waals surface area contributed by atoms with Crippen molar-refractivity contribution in [1.82, 2.24) is 4.98 Å². The molecule has 9 heteroatoms. The number of H-pyrrole nitrogens is 1. The van der Waals surface area contributed by atoms with Gasteiger partial charge in [-0.25, -0.2) is 0 Å². The van der Waals surface area contributed by atoms with Crippen LogP contribution in [0.1, 0.15) is 5.56 Å². The molecule has 0 unspecified atom stereocenters. The van der Waals surface area contributed by atoms with Gasteiger partial charge in [0.2, 0.25) is 0 Å². The lowest BCUT2D eigenvalue weighted by atomic mass is 10.1. The third-order valence-electron chi connectivity index (χ3n) is 3.48. The maximum atomic E-state index is 13.0. The zero-order valence-corrected chi connectivity index (χ0v) is 11.5. The first-order valence-electron chi connectivity index (χ1n) is 6.59. The second kappa shape index (κ2) is 5.10. The van der Waals surface area contributed by atoms with E-state index in [0.717, 1.165) is 0 Å². The smallest absolute Gasteiger partial charge is 0.456 e. The van der Waals surface area contributed by atoms with Gasteiger partial charge in [0.05, 0.1) is 17.7 Å². The Kier molecular flexibility index (Phi) is 3.46. The Bertz CT molecular complexity index is 812. The molecule has 0 aliphatic carbocycles. The van der Waals surface area contributed by atoms with Crippen LogP contribution in [0.2, 0.25) is 0 Å². The van der Waals surface area contributed by atoms with Gasteiger partial charge in [0, 0.05) is 11.8 Å². The SMILES string of the molecule is O=c1[nH]c2c(OCC(F)(F)C(F)(F)F)cccc2c2c1CCO2. The van der Waals surface area contributed by atoms with Gasteiger partial charge in [-0.1, -0.05) is 6.07 Å². The average molecular weight is 335 g/mol. The summed E-state index contributed by atoms with van der Waals surface area (Å²) in [6, 6.07) is 4.18. The van der Waals surface area contributed by atoms with Crippen LogP contribution in [0.5, 0.6) is 11.5 Å². The summed E-state index contributed by atoms with van der Waals surface area (Å²) in [7, 11) is 0. The standard InChI is InChI=1S/C14H10F5NO3/c15-13(16,14(17,18)19)6-23-9-3-1-2-7-10(9)20-12(21)8-4-5-22-11(7)8/h1-3H,4-6H2,(H,20,21). The highest BCUT2D eigenvalue weighted by atomic mass is 19.4. The first-order valence-corrected chi connectivity index (χ1v) is 6.59. The van der Waals surface area contributed by atoms with Crippen molar-refractivity contribution in [3.8, 4) is 11.5 Å². The zero-order valence-electron chi connectivity index (χ0n) is 11.5. The van der Waals surface area contributed by atoms with Gasteiger partial charge in [0.15, 0.2) is 6.61 Å². The molecule has 0 saturated heterocycles. The Balaban J connectivity index is 2.00. The fourth-order valence-corrected chi connectivity index (χ4v) is 2.32. The molecule has 23 heavy (non-hydrogen) atoms. The normalized spacial score (nSPS) is 14.7. The van der Waals surface area contributed by atoms with E-state index in [0.29, 0.717) is 29.7 Å². The number of benzene rings is 1. The highest BCUT2D eigenvalue weighted by molar-refractivity contribution is 5.91. The number of aromatic amines is 1. The third-order valence-corrected chi connectivity index (χ3v) is 3.48. The van der Waals surface area contributed by atoms with Crippen LogP contribution in [-0.4, -0.2) is 30.3 Å². The van der Waals surface area contributed by atoms with Crippen molar-refractivity contribution < 1.29 is 31.4 Å². The first-order chi connectivity index (χ1) is 10.7. The molecule has 2 aromatic rings. The molecule has 3 rings (SSSR count). The van der Waals surface area contributed by atoms with Crippen molar-refractivity contribution in [2.45, 2.75) is 18.5 Å². The summed E-state index contributed by atoms with van der Waals surface area (Å²) in [4.78, 5) is 14.4. The Morgan fingerprint density at radius 1 is 1.22 bits per heavy atom. The van der Waals surface area contributed by atoms with E-state index in [1.807, 2.05) is 0 Å². The van der Waals surface area contributed by atoms with Gasteiger partial charge in [-0.15, -0.1) is 0 Å². The van der Waals surface area contributed by atoms with E-state index in [1.165, 1.54) is 12.1 Å². The second-order valence-electron chi connectivity index (χ2n) is 5.03.